The van der Waals surface area contributed by atoms with Crippen LogP contribution in [0.25, 0.3) is 0 Å². The molecule has 0 radical (unpaired) electrons. The number of benzene rings is 2. The number of hydrogen-bond donors (Lipinski definition) is 2. The highest BCUT2D eigenvalue weighted by atomic mass is 35.5. The highest BCUT2D eigenvalue weighted by Crippen LogP contribution is 2.25. The van der Waals surface area contributed by atoms with Crippen LogP contribution in [0.1, 0.15) is 5.69 Å². The van der Waals surface area contributed by atoms with Crippen LogP contribution < -0.4 is 15.8 Å². The minimum absolute atomic E-state index is 0. The fourth-order valence-corrected chi connectivity index (χ4v) is 2.07. The molecule has 3 rings (SSSR count). The minimum Gasteiger partial charge on any atom is -0.457 e. The Balaban J connectivity index is 0.00000192. The Bertz CT molecular complexity index is 760. The van der Waals surface area contributed by atoms with E-state index in [0.29, 0.717) is 5.82 Å². The molecular formula is C17H17ClN4O. The zero-order chi connectivity index (χ0) is 15.4. The van der Waals surface area contributed by atoms with Crippen LogP contribution in [-0.4, -0.2) is 9.97 Å². The molecule has 3 aromatic rings. The average molecular weight is 329 g/mol. The zero-order valence-corrected chi connectivity index (χ0v) is 13.4. The lowest BCUT2D eigenvalue weighted by atomic mass is 10.3. The van der Waals surface area contributed by atoms with Gasteiger partial charge in [0.05, 0.1) is 0 Å². The highest BCUT2D eigenvalue weighted by molar-refractivity contribution is 5.85. The quantitative estimate of drug-likeness (QED) is 0.746. The first-order valence-corrected chi connectivity index (χ1v) is 6.90. The number of rotatable bonds is 4. The monoisotopic (exact) mass is 328 g/mol. The average Bonchev–Trinajstić information content (AvgIpc) is 2.47. The van der Waals surface area contributed by atoms with E-state index in [9.17, 15) is 0 Å². The first kappa shape index (κ1) is 16.6. The van der Waals surface area contributed by atoms with E-state index in [1.165, 1.54) is 0 Å². The summed E-state index contributed by atoms with van der Waals surface area (Å²) in [5.74, 6) is 2.44. The predicted molar refractivity (Wildman–Crippen MR) is 94.7 cm³/mol. The first-order chi connectivity index (χ1) is 10.7. The van der Waals surface area contributed by atoms with E-state index >= 15 is 0 Å². The van der Waals surface area contributed by atoms with Crippen LogP contribution in [-0.2, 0) is 0 Å². The number of aromatic nitrogens is 2. The standard InChI is InChI=1S/C17H16N4O.ClH/c1-12-10-16(21-17(18)19-12)20-13-6-5-9-15(11-13)22-14-7-3-2-4-8-14;/h2-11H,1H3,(H3,18,19,20,21);1H. The Morgan fingerprint density at radius 1 is 0.913 bits per heavy atom. The second-order valence-corrected chi connectivity index (χ2v) is 4.82. The third kappa shape index (κ3) is 4.59. The van der Waals surface area contributed by atoms with Gasteiger partial charge in [0.2, 0.25) is 5.95 Å². The Hall–Kier alpha value is -2.79. The van der Waals surface area contributed by atoms with E-state index in [-0.39, 0.29) is 18.4 Å². The van der Waals surface area contributed by atoms with Crippen molar-refractivity contribution in [3.63, 3.8) is 0 Å². The second-order valence-electron chi connectivity index (χ2n) is 4.82. The summed E-state index contributed by atoms with van der Waals surface area (Å²) >= 11 is 0. The molecule has 1 heterocycles. The fraction of sp³-hybridized carbons (Fsp3) is 0.0588. The molecular weight excluding hydrogens is 312 g/mol. The van der Waals surface area contributed by atoms with E-state index in [1.54, 1.807) is 0 Å². The van der Waals surface area contributed by atoms with E-state index in [4.69, 9.17) is 10.5 Å². The molecule has 3 N–H and O–H groups in total. The van der Waals surface area contributed by atoms with Crippen molar-refractivity contribution >= 4 is 29.9 Å². The second kappa shape index (κ2) is 7.47. The third-order valence-corrected chi connectivity index (χ3v) is 2.96. The normalized spacial score (nSPS) is 9.78. The fourth-order valence-electron chi connectivity index (χ4n) is 2.07. The van der Waals surface area contributed by atoms with Crippen molar-refractivity contribution in [2.45, 2.75) is 6.92 Å². The van der Waals surface area contributed by atoms with E-state index < -0.39 is 0 Å². The lowest BCUT2D eigenvalue weighted by Gasteiger charge is -2.10. The van der Waals surface area contributed by atoms with Crippen molar-refractivity contribution in [3.8, 4) is 11.5 Å². The SMILES string of the molecule is Cc1cc(Nc2cccc(Oc3ccccc3)c2)nc(N)n1.Cl. The minimum atomic E-state index is 0. The van der Waals surface area contributed by atoms with Crippen LogP contribution in [0.5, 0.6) is 11.5 Å². The van der Waals surface area contributed by atoms with Gasteiger partial charge in [-0.2, -0.15) is 4.98 Å². The molecule has 0 bridgehead atoms. The van der Waals surface area contributed by atoms with Gasteiger partial charge in [0, 0.05) is 23.5 Å². The van der Waals surface area contributed by atoms with Crippen LogP contribution in [0.15, 0.2) is 60.7 Å². The summed E-state index contributed by atoms with van der Waals surface area (Å²) in [5.41, 5.74) is 7.34. The third-order valence-electron chi connectivity index (χ3n) is 2.96. The summed E-state index contributed by atoms with van der Waals surface area (Å²) in [6.45, 7) is 1.87. The largest absolute Gasteiger partial charge is 0.457 e. The molecule has 23 heavy (non-hydrogen) atoms. The van der Waals surface area contributed by atoms with Crippen molar-refractivity contribution in [1.82, 2.24) is 9.97 Å². The number of nitrogens with two attached hydrogens (primary N) is 1. The molecule has 0 saturated carbocycles. The maximum atomic E-state index is 5.81. The van der Waals surface area contributed by atoms with Gasteiger partial charge in [-0.15, -0.1) is 12.4 Å². The van der Waals surface area contributed by atoms with Crippen molar-refractivity contribution < 1.29 is 4.74 Å². The number of anilines is 3. The van der Waals surface area contributed by atoms with E-state index in [0.717, 1.165) is 22.9 Å². The number of para-hydroxylation sites is 1. The van der Waals surface area contributed by atoms with Gasteiger partial charge in [0.25, 0.3) is 0 Å². The Labute approximate surface area is 141 Å². The number of nitrogens with zero attached hydrogens (tertiary/aromatic N) is 2. The molecule has 5 nitrogen and oxygen atoms in total. The first-order valence-electron chi connectivity index (χ1n) is 6.90. The van der Waals surface area contributed by atoms with E-state index in [2.05, 4.69) is 15.3 Å². The van der Waals surface area contributed by atoms with Crippen molar-refractivity contribution in [2.24, 2.45) is 0 Å². The molecule has 0 saturated heterocycles. The number of halogens is 1. The van der Waals surface area contributed by atoms with Gasteiger partial charge in [-0.3, -0.25) is 0 Å². The molecule has 0 aliphatic carbocycles. The summed E-state index contributed by atoms with van der Waals surface area (Å²) < 4.78 is 5.81. The molecule has 0 atom stereocenters. The van der Waals surface area contributed by atoms with Crippen molar-refractivity contribution in [3.05, 3.63) is 66.4 Å². The number of nitrogens with one attached hydrogen (secondary N) is 1. The molecule has 0 unspecified atom stereocenters. The molecule has 2 aromatic carbocycles. The highest BCUT2D eigenvalue weighted by Gasteiger charge is 2.02. The molecule has 0 aliphatic heterocycles. The van der Waals surface area contributed by atoms with Crippen LogP contribution in [0.2, 0.25) is 0 Å². The summed E-state index contributed by atoms with van der Waals surface area (Å²) in [6.07, 6.45) is 0. The van der Waals surface area contributed by atoms with Gasteiger partial charge < -0.3 is 15.8 Å². The van der Waals surface area contributed by atoms with Crippen LogP contribution in [0, 0.1) is 6.92 Å². The van der Waals surface area contributed by atoms with Crippen LogP contribution in [0.3, 0.4) is 0 Å². The summed E-state index contributed by atoms with van der Waals surface area (Å²) in [4.78, 5) is 8.21. The summed E-state index contributed by atoms with van der Waals surface area (Å²) in [7, 11) is 0. The molecule has 0 fully saturated rings. The number of aryl methyl sites for hydroxylation is 1. The van der Waals surface area contributed by atoms with Crippen molar-refractivity contribution in [2.75, 3.05) is 11.1 Å². The molecule has 0 amide bonds. The Morgan fingerprint density at radius 2 is 1.65 bits per heavy atom. The van der Waals surface area contributed by atoms with Gasteiger partial charge in [0.1, 0.15) is 17.3 Å². The van der Waals surface area contributed by atoms with Gasteiger partial charge >= 0.3 is 0 Å². The van der Waals surface area contributed by atoms with Gasteiger partial charge in [-0.25, -0.2) is 4.98 Å². The molecule has 0 aliphatic rings. The molecule has 6 heteroatoms. The zero-order valence-electron chi connectivity index (χ0n) is 12.6. The van der Waals surface area contributed by atoms with Crippen molar-refractivity contribution in [1.29, 1.82) is 0 Å². The summed E-state index contributed by atoms with van der Waals surface area (Å²) in [6, 6.07) is 19.1. The molecule has 1 aromatic heterocycles. The van der Waals surface area contributed by atoms with Crippen LogP contribution in [0.4, 0.5) is 17.5 Å². The topological polar surface area (TPSA) is 73.1 Å². The predicted octanol–water partition coefficient (Wildman–Crippen LogP) is 4.32. The van der Waals surface area contributed by atoms with Gasteiger partial charge in [-0.1, -0.05) is 24.3 Å². The molecule has 118 valence electrons. The molecule has 0 spiro atoms. The Morgan fingerprint density at radius 3 is 2.39 bits per heavy atom. The van der Waals surface area contributed by atoms with E-state index in [1.807, 2.05) is 67.6 Å². The lowest BCUT2D eigenvalue weighted by Crippen LogP contribution is -2.01. The number of ether oxygens (including phenoxy) is 1. The van der Waals surface area contributed by atoms with Gasteiger partial charge in [-0.05, 0) is 31.2 Å². The smallest absolute Gasteiger partial charge is 0.222 e. The summed E-state index contributed by atoms with van der Waals surface area (Å²) in [5, 5.41) is 3.20. The van der Waals surface area contributed by atoms with Gasteiger partial charge in [0.15, 0.2) is 0 Å². The van der Waals surface area contributed by atoms with Crippen LogP contribution >= 0.6 is 12.4 Å². The number of hydrogen-bond acceptors (Lipinski definition) is 5. The number of nitrogen functional groups attached to an aromatic ring is 1. The maximum Gasteiger partial charge on any atom is 0.222 e. The lowest BCUT2D eigenvalue weighted by molar-refractivity contribution is 0.483. The maximum absolute atomic E-state index is 5.81. The Kier molecular flexibility index (Phi) is 5.38.